The molecule has 0 aliphatic heterocycles. The zero-order valence-corrected chi connectivity index (χ0v) is 7.51. The molecule has 4 heteroatoms. The van der Waals surface area contributed by atoms with Gasteiger partial charge in [-0.3, -0.25) is 0 Å². The number of hydrogen-bond donors (Lipinski definition) is 0. The van der Waals surface area contributed by atoms with Crippen LogP contribution in [0.4, 0.5) is 4.79 Å². The third-order valence-corrected chi connectivity index (χ3v) is 1.52. The van der Waals surface area contributed by atoms with Crippen LogP contribution in [-0.2, 0) is 4.74 Å². The molecule has 0 amide bonds. The maximum absolute atomic E-state index is 11.3. The Balaban J connectivity index is 2.46. The van der Waals surface area contributed by atoms with E-state index in [0.29, 0.717) is 6.42 Å². The van der Waals surface area contributed by atoms with Crippen LogP contribution in [0.25, 0.3) is 0 Å². The summed E-state index contributed by atoms with van der Waals surface area (Å²) in [6.07, 6.45) is 6.29. The van der Waals surface area contributed by atoms with Gasteiger partial charge < -0.3 is 4.74 Å². The maximum atomic E-state index is 11.3. The molecule has 0 fully saturated rings. The quantitative estimate of drug-likeness (QED) is 0.666. The molecule has 0 aliphatic carbocycles. The molecule has 1 aromatic rings. The monoisotopic (exact) mass is 180 g/mol. The zero-order chi connectivity index (χ0) is 9.68. The standard InChI is InChI=1S/C9H12N2O2/c1-3-4-8(2)13-9(12)11-6-5-10-7-11/h3,5-8H,1,4H2,2H3. The molecule has 0 N–H and O–H groups in total. The lowest BCUT2D eigenvalue weighted by Gasteiger charge is -2.10. The van der Waals surface area contributed by atoms with Gasteiger partial charge in [0.15, 0.2) is 0 Å². The highest BCUT2D eigenvalue weighted by Crippen LogP contribution is 2.00. The van der Waals surface area contributed by atoms with Crippen molar-refractivity contribution in [3.05, 3.63) is 31.4 Å². The number of carbonyl (C=O) groups is 1. The van der Waals surface area contributed by atoms with E-state index < -0.39 is 6.09 Å². The molecule has 1 aromatic heterocycles. The molecule has 0 aromatic carbocycles. The summed E-state index contributed by atoms with van der Waals surface area (Å²) in [6.45, 7) is 5.38. The number of rotatable bonds is 3. The molecule has 4 nitrogen and oxygen atoms in total. The molecule has 1 atom stereocenters. The van der Waals surface area contributed by atoms with Crippen LogP contribution in [0.1, 0.15) is 13.3 Å². The minimum atomic E-state index is -0.410. The van der Waals surface area contributed by atoms with Crippen LogP contribution in [0.3, 0.4) is 0 Å². The Morgan fingerprint density at radius 1 is 1.85 bits per heavy atom. The number of carbonyl (C=O) groups excluding carboxylic acids is 1. The predicted molar refractivity (Wildman–Crippen MR) is 48.4 cm³/mol. The van der Waals surface area contributed by atoms with Crippen molar-refractivity contribution >= 4 is 6.09 Å². The third-order valence-electron chi connectivity index (χ3n) is 1.52. The first kappa shape index (κ1) is 9.51. The van der Waals surface area contributed by atoms with Crippen LogP contribution in [0.5, 0.6) is 0 Å². The van der Waals surface area contributed by atoms with Crippen molar-refractivity contribution in [3.63, 3.8) is 0 Å². The summed E-state index contributed by atoms with van der Waals surface area (Å²) in [7, 11) is 0. The summed E-state index contributed by atoms with van der Waals surface area (Å²) < 4.78 is 6.34. The summed E-state index contributed by atoms with van der Waals surface area (Å²) in [5.74, 6) is 0. The fourth-order valence-electron chi connectivity index (χ4n) is 0.883. The fourth-order valence-corrected chi connectivity index (χ4v) is 0.883. The molecule has 0 aliphatic rings. The molecule has 1 rings (SSSR count). The van der Waals surface area contributed by atoms with Gasteiger partial charge in [0.25, 0.3) is 0 Å². The van der Waals surface area contributed by atoms with Crippen LogP contribution in [-0.4, -0.2) is 21.7 Å². The van der Waals surface area contributed by atoms with E-state index in [0.717, 1.165) is 0 Å². The van der Waals surface area contributed by atoms with Crippen molar-refractivity contribution in [2.24, 2.45) is 0 Å². The largest absolute Gasteiger partial charge is 0.446 e. The average molecular weight is 180 g/mol. The lowest BCUT2D eigenvalue weighted by atomic mass is 10.3. The van der Waals surface area contributed by atoms with Crippen molar-refractivity contribution in [1.29, 1.82) is 0 Å². The molecule has 70 valence electrons. The second-order valence-corrected chi connectivity index (χ2v) is 2.69. The number of hydrogen-bond acceptors (Lipinski definition) is 3. The molecule has 0 saturated heterocycles. The van der Waals surface area contributed by atoms with Gasteiger partial charge in [0.05, 0.1) is 0 Å². The normalized spacial score (nSPS) is 12.1. The maximum Gasteiger partial charge on any atom is 0.419 e. The first-order chi connectivity index (χ1) is 6.24. The minimum Gasteiger partial charge on any atom is -0.446 e. The lowest BCUT2D eigenvalue weighted by Crippen LogP contribution is -2.18. The Hall–Kier alpha value is -1.58. The number of nitrogens with zero attached hydrogens (tertiary/aromatic N) is 2. The number of imidazole rings is 1. The molecule has 13 heavy (non-hydrogen) atoms. The Morgan fingerprint density at radius 2 is 2.62 bits per heavy atom. The predicted octanol–water partition coefficient (Wildman–Crippen LogP) is 1.83. The average Bonchev–Trinajstić information content (AvgIpc) is 2.55. The molecule has 0 spiro atoms. The molecule has 0 radical (unpaired) electrons. The highest BCUT2D eigenvalue weighted by Gasteiger charge is 2.08. The topological polar surface area (TPSA) is 44.1 Å². The van der Waals surface area contributed by atoms with E-state index in [9.17, 15) is 4.79 Å². The second-order valence-electron chi connectivity index (χ2n) is 2.69. The van der Waals surface area contributed by atoms with Crippen molar-refractivity contribution < 1.29 is 9.53 Å². The van der Waals surface area contributed by atoms with Gasteiger partial charge in [-0.05, 0) is 6.92 Å². The Labute approximate surface area is 76.8 Å². The smallest absolute Gasteiger partial charge is 0.419 e. The summed E-state index contributed by atoms with van der Waals surface area (Å²) in [5.41, 5.74) is 0. The van der Waals surface area contributed by atoms with Gasteiger partial charge in [-0.25, -0.2) is 14.3 Å². The van der Waals surface area contributed by atoms with E-state index in [-0.39, 0.29) is 6.10 Å². The van der Waals surface area contributed by atoms with E-state index in [1.807, 2.05) is 6.92 Å². The van der Waals surface area contributed by atoms with Crippen molar-refractivity contribution in [2.75, 3.05) is 0 Å². The van der Waals surface area contributed by atoms with Gasteiger partial charge in [0.2, 0.25) is 0 Å². The van der Waals surface area contributed by atoms with Crippen LogP contribution in [0.15, 0.2) is 31.4 Å². The second kappa shape index (κ2) is 4.45. The number of aromatic nitrogens is 2. The van der Waals surface area contributed by atoms with Crippen LogP contribution < -0.4 is 0 Å². The van der Waals surface area contributed by atoms with Crippen molar-refractivity contribution in [3.8, 4) is 0 Å². The van der Waals surface area contributed by atoms with Crippen LogP contribution in [0, 0.1) is 0 Å². The first-order valence-corrected chi connectivity index (χ1v) is 4.04. The minimum absolute atomic E-state index is 0.146. The van der Waals surface area contributed by atoms with Gasteiger partial charge in [-0.2, -0.15) is 0 Å². The van der Waals surface area contributed by atoms with Crippen molar-refractivity contribution in [2.45, 2.75) is 19.4 Å². The van der Waals surface area contributed by atoms with E-state index in [1.165, 1.54) is 17.1 Å². The summed E-state index contributed by atoms with van der Waals surface area (Å²) in [6, 6.07) is 0. The van der Waals surface area contributed by atoms with Crippen LogP contribution in [0.2, 0.25) is 0 Å². The SMILES string of the molecule is C=CCC(C)OC(=O)n1ccnc1. The van der Waals surface area contributed by atoms with Crippen molar-refractivity contribution in [1.82, 2.24) is 9.55 Å². The van der Waals surface area contributed by atoms with E-state index in [4.69, 9.17) is 4.74 Å². The highest BCUT2D eigenvalue weighted by atomic mass is 16.6. The van der Waals surface area contributed by atoms with Gasteiger partial charge in [-0.1, -0.05) is 6.08 Å². The summed E-state index contributed by atoms with van der Waals surface area (Å²) >= 11 is 0. The highest BCUT2D eigenvalue weighted by molar-refractivity contribution is 5.70. The molecule has 0 bridgehead atoms. The first-order valence-electron chi connectivity index (χ1n) is 4.04. The van der Waals surface area contributed by atoms with E-state index in [1.54, 1.807) is 12.3 Å². The molecule has 0 saturated carbocycles. The van der Waals surface area contributed by atoms with E-state index in [2.05, 4.69) is 11.6 Å². The Bertz CT molecular complexity index is 280. The third kappa shape index (κ3) is 2.74. The Kier molecular flexibility index (Phi) is 3.25. The van der Waals surface area contributed by atoms with Gasteiger partial charge in [0.1, 0.15) is 12.4 Å². The molecule has 1 unspecified atom stereocenters. The van der Waals surface area contributed by atoms with Crippen LogP contribution >= 0.6 is 0 Å². The summed E-state index contributed by atoms with van der Waals surface area (Å²) in [4.78, 5) is 15.0. The number of ether oxygens (including phenoxy) is 1. The molecule has 1 heterocycles. The van der Waals surface area contributed by atoms with Gasteiger partial charge >= 0.3 is 6.09 Å². The fraction of sp³-hybridized carbons (Fsp3) is 0.333. The van der Waals surface area contributed by atoms with Gasteiger partial charge in [0, 0.05) is 18.8 Å². The lowest BCUT2D eigenvalue weighted by molar-refractivity contribution is 0.109. The van der Waals surface area contributed by atoms with Gasteiger partial charge in [-0.15, -0.1) is 6.58 Å². The molecular formula is C9H12N2O2. The van der Waals surface area contributed by atoms with E-state index >= 15 is 0 Å². The molecular weight excluding hydrogens is 168 g/mol. The summed E-state index contributed by atoms with van der Waals surface area (Å²) in [5, 5.41) is 0. The Morgan fingerprint density at radius 3 is 3.15 bits per heavy atom. The zero-order valence-electron chi connectivity index (χ0n) is 7.51.